The average Bonchev–Trinajstić information content (AvgIpc) is 2.80. The van der Waals surface area contributed by atoms with Crippen molar-refractivity contribution in [3.8, 4) is 0 Å². The summed E-state index contributed by atoms with van der Waals surface area (Å²) in [7, 11) is 7.57. The molecule has 1 heterocycles. The second-order valence-corrected chi connectivity index (χ2v) is 5.58. The number of methoxy groups -OCH3 is 1. The third-order valence-corrected chi connectivity index (χ3v) is 4.12. The Morgan fingerprint density at radius 2 is 2.19 bits per heavy atom. The Morgan fingerprint density at radius 1 is 1.50 bits per heavy atom. The van der Waals surface area contributed by atoms with Crippen molar-refractivity contribution < 1.29 is 9.53 Å². The van der Waals surface area contributed by atoms with Crippen LogP contribution in [0, 0.1) is 11.3 Å². The molecule has 1 saturated heterocycles. The minimum Gasteiger partial charge on any atom is -0.383 e. The number of carbonyl (C=O) groups excluding carboxylic acids is 1. The topological polar surface area (TPSA) is 32.8 Å². The van der Waals surface area contributed by atoms with Gasteiger partial charge in [-0.1, -0.05) is 0 Å². The number of ether oxygens (including phenoxy) is 1. The van der Waals surface area contributed by atoms with Crippen LogP contribution in [-0.2, 0) is 9.53 Å². The Morgan fingerprint density at radius 3 is 2.75 bits per heavy atom. The lowest BCUT2D eigenvalue weighted by molar-refractivity contribution is -0.130. The van der Waals surface area contributed by atoms with Crippen LogP contribution in [0.5, 0.6) is 0 Å². The zero-order valence-corrected chi connectivity index (χ0v) is 10.7. The standard InChI is InChI=1S/C12H22N2O2/c1-13(2)11(15)10-6-12(10)5-9(7-16-4)14(3)8-12/h9-10H,5-8H2,1-4H3/t9-,10?,12?/m0/s1. The van der Waals surface area contributed by atoms with E-state index in [1.807, 2.05) is 14.1 Å². The van der Waals surface area contributed by atoms with Crippen LogP contribution < -0.4 is 0 Å². The van der Waals surface area contributed by atoms with Gasteiger partial charge in [0.1, 0.15) is 0 Å². The molecule has 1 aliphatic heterocycles. The summed E-state index contributed by atoms with van der Waals surface area (Å²) in [5.41, 5.74) is 0.263. The molecule has 4 nitrogen and oxygen atoms in total. The van der Waals surface area contributed by atoms with Crippen molar-refractivity contribution in [1.82, 2.24) is 9.80 Å². The highest BCUT2D eigenvalue weighted by Crippen LogP contribution is 2.60. The second kappa shape index (κ2) is 4.00. The van der Waals surface area contributed by atoms with Crippen LogP contribution in [0.2, 0.25) is 0 Å². The molecule has 2 rings (SSSR count). The van der Waals surface area contributed by atoms with Crippen LogP contribution in [0.1, 0.15) is 12.8 Å². The molecule has 0 radical (unpaired) electrons. The summed E-state index contributed by atoms with van der Waals surface area (Å²) in [5.74, 6) is 0.554. The van der Waals surface area contributed by atoms with E-state index in [1.165, 1.54) is 0 Å². The highest BCUT2D eigenvalue weighted by atomic mass is 16.5. The van der Waals surface area contributed by atoms with E-state index in [-0.39, 0.29) is 11.3 Å². The average molecular weight is 226 g/mol. The van der Waals surface area contributed by atoms with E-state index in [9.17, 15) is 4.79 Å². The maximum absolute atomic E-state index is 11.9. The summed E-state index contributed by atoms with van der Waals surface area (Å²) in [6, 6.07) is 0.491. The summed E-state index contributed by atoms with van der Waals surface area (Å²) < 4.78 is 5.22. The number of carbonyl (C=O) groups is 1. The molecule has 1 spiro atoms. The number of amides is 1. The fraction of sp³-hybridized carbons (Fsp3) is 0.917. The van der Waals surface area contributed by atoms with E-state index < -0.39 is 0 Å². The molecule has 1 saturated carbocycles. The van der Waals surface area contributed by atoms with Gasteiger partial charge in [0, 0.05) is 39.7 Å². The smallest absolute Gasteiger partial charge is 0.225 e. The van der Waals surface area contributed by atoms with E-state index in [0.717, 1.165) is 26.0 Å². The van der Waals surface area contributed by atoms with Crippen LogP contribution in [0.3, 0.4) is 0 Å². The predicted octanol–water partition coefficient (Wildman–Crippen LogP) is 0.431. The molecular formula is C12H22N2O2. The van der Waals surface area contributed by atoms with Crippen LogP contribution >= 0.6 is 0 Å². The molecule has 0 N–H and O–H groups in total. The molecular weight excluding hydrogens is 204 g/mol. The molecule has 4 heteroatoms. The van der Waals surface area contributed by atoms with E-state index in [0.29, 0.717) is 11.9 Å². The Kier molecular flexibility index (Phi) is 2.97. The first-order valence-corrected chi connectivity index (χ1v) is 5.90. The number of likely N-dealkylation sites (N-methyl/N-ethyl adjacent to an activating group) is 1. The SMILES string of the molecule is COC[C@@H]1CC2(CC2C(=O)N(C)C)CN1C. The number of hydrogen-bond donors (Lipinski definition) is 0. The summed E-state index contributed by atoms with van der Waals surface area (Å²) in [4.78, 5) is 16.0. The highest BCUT2D eigenvalue weighted by molar-refractivity contribution is 5.82. The van der Waals surface area contributed by atoms with Crippen molar-refractivity contribution in [1.29, 1.82) is 0 Å². The lowest BCUT2D eigenvalue weighted by atomic mass is 9.99. The first kappa shape index (κ1) is 11.9. The largest absolute Gasteiger partial charge is 0.383 e. The minimum atomic E-state index is 0.256. The van der Waals surface area contributed by atoms with Gasteiger partial charge in [0.2, 0.25) is 5.91 Å². The lowest BCUT2D eigenvalue weighted by Gasteiger charge is -2.17. The predicted molar refractivity (Wildman–Crippen MR) is 62.1 cm³/mol. The molecule has 0 aromatic rings. The molecule has 0 bridgehead atoms. The van der Waals surface area contributed by atoms with Gasteiger partial charge in [-0.15, -0.1) is 0 Å². The van der Waals surface area contributed by atoms with Crippen molar-refractivity contribution in [3.05, 3.63) is 0 Å². The number of likely N-dealkylation sites (tertiary alicyclic amines) is 1. The van der Waals surface area contributed by atoms with Gasteiger partial charge >= 0.3 is 0 Å². The molecule has 16 heavy (non-hydrogen) atoms. The van der Waals surface area contributed by atoms with E-state index in [2.05, 4.69) is 11.9 Å². The van der Waals surface area contributed by atoms with Crippen molar-refractivity contribution in [2.45, 2.75) is 18.9 Å². The molecule has 0 aromatic carbocycles. The maximum atomic E-state index is 11.9. The van der Waals surface area contributed by atoms with Gasteiger partial charge in [0.05, 0.1) is 6.61 Å². The maximum Gasteiger partial charge on any atom is 0.225 e. The fourth-order valence-corrected chi connectivity index (χ4v) is 3.10. The molecule has 92 valence electrons. The molecule has 3 atom stereocenters. The van der Waals surface area contributed by atoms with E-state index in [1.54, 1.807) is 12.0 Å². The van der Waals surface area contributed by atoms with Gasteiger partial charge in [-0.3, -0.25) is 4.79 Å². The normalized spacial score (nSPS) is 38.0. The van der Waals surface area contributed by atoms with E-state index in [4.69, 9.17) is 4.74 Å². The Hall–Kier alpha value is -0.610. The Bertz CT molecular complexity index is 293. The fourth-order valence-electron chi connectivity index (χ4n) is 3.10. The van der Waals surface area contributed by atoms with Gasteiger partial charge in [-0.2, -0.15) is 0 Å². The van der Waals surface area contributed by atoms with Crippen LogP contribution in [0.15, 0.2) is 0 Å². The van der Waals surface area contributed by atoms with Crippen LogP contribution in [-0.4, -0.2) is 63.2 Å². The summed E-state index contributed by atoms with van der Waals surface area (Å²) >= 11 is 0. The molecule has 2 aliphatic rings. The number of nitrogens with zero attached hydrogens (tertiary/aromatic N) is 2. The molecule has 1 amide bonds. The van der Waals surface area contributed by atoms with Gasteiger partial charge in [-0.25, -0.2) is 0 Å². The van der Waals surface area contributed by atoms with Gasteiger partial charge in [0.15, 0.2) is 0 Å². The van der Waals surface area contributed by atoms with Crippen molar-refractivity contribution >= 4 is 5.91 Å². The van der Waals surface area contributed by atoms with Gasteiger partial charge in [0.25, 0.3) is 0 Å². The second-order valence-electron chi connectivity index (χ2n) is 5.58. The summed E-state index contributed by atoms with van der Waals surface area (Å²) in [6.07, 6.45) is 2.18. The van der Waals surface area contributed by atoms with Crippen molar-refractivity contribution in [2.75, 3.05) is 41.4 Å². The summed E-state index contributed by atoms with van der Waals surface area (Å²) in [6.45, 7) is 1.83. The first-order valence-electron chi connectivity index (χ1n) is 5.90. The quantitative estimate of drug-likeness (QED) is 0.699. The summed E-state index contributed by atoms with van der Waals surface area (Å²) in [5, 5.41) is 0. The Labute approximate surface area is 97.5 Å². The third kappa shape index (κ3) is 1.84. The van der Waals surface area contributed by atoms with Crippen LogP contribution in [0.4, 0.5) is 0 Å². The monoisotopic (exact) mass is 226 g/mol. The zero-order valence-electron chi connectivity index (χ0n) is 10.7. The Balaban J connectivity index is 1.97. The lowest BCUT2D eigenvalue weighted by Crippen LogP contribution is -2.29. The number of rotatable bonds is 3. The minimum absolute atomic E-state index is 0.256. The number of hydrogen-bond acceptors (Lipinski definition) is 3. The van der Waals surface area contributed by atoms with Crippen LogP contribution in [0.25, 0.3) is 0 Å². The molecule has 1 aliphatic carbocycles. The van der Waals surface area contributed by atoms with Gasteiger partial charge < -0.3 is 14.5 Å². The van der Waals surface area contributed by atoms with Gasteiger partial charge in [-0.05, 0) is 25.3 Å². The van der Waals surface area contributed by atoms with E-state index >= 15 is 0 Å². The molecule has 2 unspecified atom stereocenters. The molecule has 2 fully saturated rings. The third-order valence-electron chi connectivity index (χ3n) is 4.12. The first-order chi connectivity index (χ1) is 7.50. The van der Waals surface area contributed by atoms with Crippen molar-refractivity contribution in [2.24, 2.45) is 11.3 Å². The molecule has 0 aromatic heterocycles. The highest BCUT2D eigenvalue weighted by Gasteiger charge is 2.62. The zero-order chi connectivity index (χ0) is 11.9. The van der Waals surface area contributed by atoms with Crippen molar-refractivity contribution in [3.63, 3.8) is 0 Å².